The van der Waals surface area contributed by atoms with E-state index in [0.717, 1.165) is 36.8 Å². The number of esters is 1. The van der Waals surface area contributed by atoms with Gasteiger partial charge in [-0.15, -0.1) is 0 Å². The number of nitrogens with zero attached hydrogens (tertiary/aromatic N) is 1. The normalized spacial score (nSPS) is 24.8. The number of nitro groups is 1. The average Bonchev–Trinajstić information content (AvgIpc) is 2.54. The second-order valence-corrected chi connectivity index (χ2v) is 7.07. The third-order valence-electron chi connectivity index (χ3n) is 5.34. The number of unbranched alkanes of at least 4 members (excludes halogenated alkanes) is 2. The maximum atomic E-state index is 12.6. The average molecular weight is 345 g/mol. The van der Waals surface area contributed by atoms with Gasteiger partial charge in [-0.1, -0.05) is 31.4 Å². The predicted molar refractivity (Wildman–Crippen MR) is 92.4 cm³/mol. The lowest BCUT2D eigenvalue weighted by Gasteiger charge is -2.38. The summed E-state index contributed by atoms with van der Waals surface area (Å²) in [5, 5.41) is 22.4. The van der Waals surface area contributed by atoms with Crippen LogP contribution < -0.4 is 4.74 Å². The van der Waals surface area contributed by atoms with E-state index in [-0.39, 0.29) is 17.9 Å². The Morgan fingerprint density at radius 2 is 2.16 bits per heavy atom. The fourth-order valence-corrected chi connectivity index (χ4v) is 3.90. The minimum absolute atomic E-state index is 0.00748. The van der Waals surface area contributed by atoms with E-state index >= 15 is 0 Å². The van der Waals surface area contributed by atoms with Crippen LogP contribution in [0.25, 0.3) is 0 Å². The SMILES string of the molecule is CCCCCc1cc(O)c2c(c1)OC(=O)[C@@]1([N+](=O)[O-])CC=C(C)C[C@@H]21. The predicted octanol–water partition coefficient (Wildman–Crippen LogP) is 3.88. The zero-order chi connectivity index (χ0) is 18.2. The summed E-state index contributed by atoms with van der Waals surface area (Å²) < 4.78 is 5.36. The summed E-state index contributed by atoms with van der Waals surface area (Å²) in [5.41, 5.74) is 0.417. The molecule has 0 spiro atoms. The minimum Gasteiger partial charge on any atom is -0.508 e. The van der Waals surface area contributed by atoms with E-state index < -0.39 is 22.3 Å². The van der Waals surface area contributed by atoms with Gasteiger partial charge in [-0.2, -0.15) is 0 Å². The van der Waals surface area contributed by atoms with Crippen LogP contribution in [0.5, 0.6) is 11.5 Å². The van der Waals surface area contributed by atoms with Crippen LogP contribution in [0.3, 0.4) is 0 Å². The molecule has 25 heavy (non-hydrogen) atoms. The maximum Gasteiger partial charge on any atom is 0.391 e. The second kappa shape index (κ2) is 6.50. The quantitative estimate of drug-likeness (QED) is 0.218. The smallest absolute Gasteiger partial charge is 0.391 e. The molecule has 0 aromatic heterocycles. The number of hydrogen-bond acceptors (Lipinski definition) is 5. The van der Waals surface area contributed by atoms with Gasteiger partial charge >= 0.3 is 11.5 Å². The van der Waals surface area contributed by atoms with Crippen LogP contribution in [-0.2, 0) is 11.2 Å². The van der Waals surface area contributed by atoms with Crippen molar-refractivity contribution in [3.8, 4) is 11.5 Å². The molecule has 3 rings (SSSR count). The molecule has 6 heteroatoms. The number of phenols is 1. The molecule has 0 radical (unpaired) electrons. The largest absolute Gasteiger partial charge is 0.508 e. The van der Waals surface area contributed by atoms with Gasteiger partial charge in [0.15, 0.2) is 0 Å². The van der Waals surface area contributed by atoms with E-state index in [1.807, 2.05) is 6.92 Å². The van der Waals surface area contributed by atoms with E-state index in [1.165, 1.54) is 0 Å². The van der Waals surface area contributed by atoms with Crippen molar-refractivity contribution < 1.29 is 19.6 Å². The lowest BCUT2D eigenvalue weighted by atomic mass is 9.68. The molecule has 0 amide bonds. The van der Waals surface area contributed by atoms with Crippen LogP contribution >= 0.6 is 0 Å². The molecule has 1 N–H and O–H groups in total. The van der Waals surface area contributed by atoms with E-state index in [1.54, 1.807) is 18.2 Å². The fraction of sp³-hybridized carbons (Fsp3) is 0.526. The lowest BCUT2D eigenvalue weighted by Crippen LogP contribution is -2.56. The standard InChI is InChI=1S/C19H23NO5/c1-3-4-5-6-13-10-15(21)17-14-9-12(2)7-8-19(14,20(23)24)18(22)25-16(17)11-13/h7,10-11,14,21H,3-6,8-9H2,1-2H3/t14-,19+/m0/s1. The molecule has 1 aliphatic heterocycles. The van der Waals surface area contributed by atoms with Crippen LogP contribution in [-0.4, -0.2) is 21.5 Å². The molecule has 1 aromatic rings. The number of carbonyl (C=O) groups is 1. The number of aromatic hydroxyl groups is 1. The van der Waals surface area contributed by atoms with E-state index in [2.05, 4.69) is 6.92 Å². The number of carbonyl (C=O) groups excluding carboxylic acids is 1. The monoisotopic (exact) mass is 345 g/mol. The van der Waals surface area contributed by atoms with Gasteiger partial charge in [0.2, 0.25) is 0 Å². The van der Waals surface area contributed by atoms with Gasteiger partial charge in [0, 0.05) is 16.9 Å². The Morgan fingerprint density at radius 1 is 1.40 bits per heavy atom. The first-order chi connectivity index (χ1) is 11.9. The maximum absolute atomic E-state index is 12.6. The highest BCUT2D eigenvalue weighted by Gasteiger charge is 2.63. The Bertz CT molecular complexity index is 754. The van der Waals surface area contributed by atoms with Crippen LogP contribution in [0.1, 0.15) is 63.0 Å². The van der Waals surface area contributed by atoms with Gasteiger partial charge in [-0.3, -0.25) is 10.1 Å². The first-order valence-electron chi connectivity index (χ1n) is 8.78. The number of ether oxygens (including phenoxy) is 1. The number of rotatable bonds is 5. The van der Waals surface area contributed by atoms with E-state index in [0.29, 0.717) is 12.0 Å². The molecule has 1 aliphatic carbocycles. The van der Waals surface area contributed by atoms with Gasteiger partial charge in [0.05, 0.1) is 5.92 Å². The van der Waals surface area contributed by atoms with E-state index in [9.17, 15) is 20.0 Å². The Labute approximate surface area is 146 Å². The van der Waals surface area contributed by atoms with Gasteiger partial charge < -0.3 is 9.84 Å². The summed E-state index contributed by atoms with van der Waals surface area (Å²) in [6.07, 6.45) is 6.00. The highest BCUT2D eigenvalue weighted by Crippen LogP contribution is 2.52. The highest BCUT2D eigenvalue weighted by molar-refractivity contribution is 5.87. The molecule has 134 valence electrons. The van der Waals surface area contributed by atoms with Crippen molar-refractivity contribution >= 4 is 5.97 Å². The van der Waals surface area contributed by atoms with Crippen molar-refractivity contribution in [2.75, 3.05) is 0 Å². The molecular weight excluding hydrogens is 322 g/mol. The first kappa shape index (κ1) is 17.5. The minimum atomic E-state index is -1.84. The van der Waals surface area contributed by atoms with E-state index in [4.69, 9.17) is 4.74 Å². The van der Waals surface area contributed by atoms with Gasteiger partial charge in [0.25, 0.3) is 0 Å². The Morgan fingerprint density at radius 3 is 2.84 bits per heavy atom. The van der Waals surface area contributed by atoms with Gasteiger partial charge in [-0.05, 0) is 43.9 Å². The lowest BCUT2D eigenvalue weighted by molar-refractivity contribution is -0.560. The molecule has 1 aromatic carbocycles. The Hall–Kier alpha value is -2.37. The molecule has 2 aliphatic rings. The van der Waals surface area contributed by atoms with Crippen molar-refractivity contribution in [2.45, 2.75) is 63.8 Å². The van der Waals surface area contributed by atoms with Gasteiger partial charge in [0.1, 0.15) is 11.5 Å². The third-order valence-corrected chi connectivity index (χ3v) is 5.34. The molecule has 1 heterocycles. The topological polar surface area (TPSA) is 89.7 Å². The number of hydrogen-bond donors (Lipinski definition) is 1. The van der Waals surface area contributed by atoms with Crippen molar-refractivity contribution in [1.82, 2.24) is 0 Å². The zero-order valence-corrected chi connectivity index (χ0v) is 14.6. The number of benzene rings is 1. The molecule has 0 bridgehead atoms. The highest BCUT2D eigenvalue weighted by atomic mass is 16.6. The number of fused-ring (bicyclic) bond motifs is 3. The number of phenolic OH excluding ortho intramolecular Hbond substituents is 1. The molecule has 0 fully saturated rings. The van der Waals surface area contributed by atoms with Crippen LogP contribution in [0.4, 0.5) is 0 Å². The third kappa shape index (κ3) is 2.79. The van der Waals surface area contributed by atoms with Crippen LogP contribution in [0.15, 0.2) is 23.8 Å². The molecule has 6 nitrogen and oxygen atoms in total. The van der Waals surface area contributed by atoms with Crippen molar-refractivity contribution in [3.63, 3.8) is 0 Å². The number of allylic oxidation sites excluding steroid dienone is 1. The molecule has 2 atom stereocenters. The van der Waals surface area contributed by atoms with Gasteiger partial charge in [-0.25, -0.2) is 4.79 Å². The summed E-state index contributed by atoms with van der Waals surface area (Å²) >= 11 is 0. The van der Waals surface area contributed by atoms with Crippen molar-refractivity contribution in [2.24, 2.45) is 0 Å². The van der Waals surface area contributed by atoms with Crippen molar-refractivity contribution in [1.29, 1.82) is 0 Å². The molecule has 0 unspecified atom stereocenters. The summed E-state index contributed by atoms with van der Waals surface area (Å²) in [4.78, 5) is 23.8. The van der Waals surface area contributed by atoms with Crippen molar-refractivity contribution in [3.05, 3.63) is 45.0 Å². The van der Waals surface area contributed by atoms with Crippen LogP contribution in [0.2, 0.25) is 0 Å². The summed E-state index contributed by atoms with van der Waals surface area (Å²) in [6.45, 7) is 4.00. The Balaban J connectivity index is 2.06. The number of aryl methyl sites for hydroxylation is 1. The zero-order valence-electron chi connectivity index (χ0n) is 14.6. The summed E-state index contributed by atoms with van der Waals surface area (Å²) in [7, 11) is 0. The summed E-state index contributed by atoms with van der Waals surface area (Å²) in [5.74, 6) is -1.27. The first-order valence-corrected chi connectivity index (χ1v) is 8.78. The fourth-order valence-electron chi connectivity index (χ4n) is 3.90. The Kier molecular flexibility index (Phi) is 4.54. The molecule has 0 saturated heterocycles. The molecular formula is C19H23NO5. The second-order valence-electron chi connectivity index (χ2n) is 7.07. The summed E-state index contributed by atoms with van der Waals surface area (Å²) in [6, 6.07) is 3.41. The van der Waals surface area contributed by atoms with Crippen LogP contribution in [0, 0.1) is 10.1 Å². The molecule has 0 saturated carbocycles.